The SMILES string of the molecule is ClC1(Cl)CC1(Cl)Cl. The lowest BCUT2D eigenvalue weighted by Crippen LogP contribution is -1.96. The van der Waals surface area contributed by atoms with E-state index in [0.29, 0.717) is 6.42 Å². The average Bonchev–Trinajstić information content (AvgIpc) is 1.63. The lowest BCUT2D eigenvalue weighted by Gasteiger charge is -1.93. The third-order valence-corrected chi connectivity index (χ3v) is 3.07. The molecule has 42 valence electrons. The summed E-state index contributed by atoms with van der Waals surface area (Å²) in [6.45, 7) is 0. The molecular formula is C3H2Cl4. The number of hydrogen-bond acceptors (Lipinski definition) is 0. The smallest absolute Gasteiger partial charge is 0.0982 e. The number of alkyl halides is 4. The summed E-state index contributed by atoms with van der Waals surface area (Å²) in [4.78, 5) is 0. The van der Waals surface area contributed by atoms with Gasteiger partial charge in [-0.25, -0.2) is 0 Å². The van der Waals surface area contributed by atoms with Crippen molar-refractivity contribution < 1.29 is 0 Å². The predicted octanol–water partition coefficient (Wildman–Crippen LogP) is 2.74. The van der Waals surface area contributed by atoms with Crippen LogP contribution in [-0.4, -0.2) is 8.67 Å². The van der Waals surface area contributed by atoms with E-state index in [4.69, 9.17) is 46.4 Å². The second kappa shape index (κ2) is 1.36. The Labute approximate surface area is 61.7 Å². The second-order valence-electron chi connectivity index (χ2n) is 1.59. The quantitative estimate of drug-likeness (QED) is 0.502. The summed E-state index contributed by atoms with van der Waals surface area (Å²) in [5.41, 5.74) is 0. The standard InChI is InChI=1S/C3H2Cl4/c4-2(5)1-3(2,6)7/h1H2. The summed E-state index contributed by atoms with van der Waals surface area (Å²) in [5, 5.41) is 0. The molecule has 0 spiro atoms. The highest BCUT2D eigenvalue weighted by Crippen LogP contribution is 2.63. The van der Waals surface area contributed by atoms with E-state index in [9.17, 15) is 0 Å². The molecule has 1 aliphatic rings. The van der Waals surface area contributed by atoms with Gasteiger partial charge in [-0.05, 0) is 0 Å². The van der Waals surface area contributed by atoms with Crippen LogP contribution in [0.1, 0.15) is 6.42 Å². The second-order valence-corrected chi connectivity index (χ2v) is 4.55. The van der Waals surface area contributed by atoms with E-state index >= 15 is 0 Å². The van der Waals surface area contributed by atoms with Crippen molar-refractivity contribution in [1.82, 2.24) is 0 Å². The summed E-state index contributed by atoms with van der Waals surface area (Å²) in [6.07, 6.45) is 0.465. The largest absolute Gasteiger partial charge is 0.154 e. The first-order valence-corrected chi connectivity index (χ1v) is 3.22. The Hall–Kier alpha value is 1.16. The van der Waals surface area contributed by atoms with Crippen molar-refractivity contribution in [2.24, 2.45) is 0 Å². The van der Waals surface area contributed by atoms with E-state index < -0.39 is 8.67 Å². The van der Waals surface area contributed by atoms with Crippen LogP contribution in [0.3, 0.4) is 0 Å². The molecule has 1 rings (SSSR count). The zero-order valence-corrected chi connectivity index (χ0v) is 6.24. The van der Waals surface area contributed by atoms with E-state index in [0.717, 1.165) is 0 Å². The van der Waals surface area contributed by atoms with Gasteiger partial charge >= 0.3 is 0 Å². The maximum atomic E-state index is 5.43. The van der Waals surface area contributed by atoms with Crippen LogP contribution in [0.25, 0.3) is 0 Å². The fraction of sp³-hybridized carbons (Fsp3) is 1.00. The molecule has 4 heteroatoms. The van der Waals surface area contributed by atoms with Gasteiger partial charge in [0.15, 0.2) is 8.67 Å². The van der Waals surface area contributed by atoms with Crippen molar-refractivity contribution in [3.05, 3.63) is 0 Å². The van der Waals surface area contributed by atoms with Gasteiger partial charge in [0.2, 0.25) is 0 Å². The maximum absolute atomic E-state index is 5.43. The molecule has 0 atom stereocenters. The molecule has 0 bridgehead atoms. The number of hydrogen-bond donors (Lipinski definition) is 0. The highest BCUT2D eigenvalue weighted by Gasteiger charge is 2.65. The molecule has 1 saturated carbocycles. The molecule has 0 unspecified atom stereocenters. The highest BCUT2D eigenvalue weighted by molar-refractivity contribution is 6.67. The molecule has 0 aromatic heterocycles. The molecule has 0 saturated heterocycles. The van der Waals surface area contributed by atoms with Crippen molar-refractivity contribution in [2.45, 2.75) is 15.1 Å². The maximum Gasteiger partial charge on any atom is 0.154 e. The van der Waals surface area contributed by atoms with Gasteiger partial charge in [-0.2, -0.15) is 0 Å². The lowest BCUT2D eigenvalue weighted by molar-refractivity contribution is 1.29. The monoisotopic (exact) mass is 178 g/mol. The zero-order chi connectivity index (χ0) is 5.71. The van der Waals surface area contributed by atoms with Crippen LogP contribution in [0, 0.1) is 0 Å². The molecule has 0 radical (unpaired) electrons. The number of halogens is 4. The van der Waals surface area contributed by atoms with Gasteiger partial charge < -0.3 is 0 Å². The summed E-state index contributed by atoms with van der Waals surface area (Å²) in [7, 11) is 0. The molecule has 1 fully saturated rings. The Morgan fingerprint density at radius 3 is 1.00 bits per heavy atom. The third-order valence-electron chi connectivity index (χ3n) is 0.854. The molecule has 0 aromatic rings. The Kier molecular flexibility index (Phi) is 1.22. The molecule has 1 aliphatic carbocycles. The molecule has 7 heavy (non-hydrogen) atoms. The molecular weight excluding hydrogens is 178 g/mol. The predicted molar refractivity (Wildman–Crippen MR) is 33.5 cm³/mol. The summed E-state index contributed by atoms with van der Waals surface area (Å²) < 4.78 is -1.76. The van der Waals surface area contributed by atoms with Crippen molar-refractivity contribution >= 4 is 46.4 Å². The minimum absolute atomic E-state index is 0.465. The highest BCUT2D eigenvalue weighted by atomic mass is 35.5. The fourth-order valence-electron chi connectivity index (χ4n) is 0.235. The van der Waals surface area contributed by atoms with Crippen LogP contribution >= 0.6 is 46.4 Å². The van der Waals surface area contributed by atoms with Gasteiger partial charge in [0, 0.05) is 6.42 Å². The normalized spacial score (nSPS) is 32.6. The topological polar surface area (TPSA) is 0 Å². The minimum atomic E-state index is -0.879. The van der Waals surface area contributed by atoms with Gasteiger partial charge in [-0.1, -0.05) is 46.4 Å². The van der Waals surface area contributed by atoms with Crippen molar-refractivity contribution in [1.29, 1.82) is 0 Å². The van der Waals surface area contributed by atoms with Crippen molar-refractivity contribution in [3.63, 3.8) is 0 Å². The summed E-state index contributed by atoms with van der Waals surface area (Å²) in [6, 6.07) is 0. The van der Waals surface area contributed by atoms with Gasteiger partial charge in [-0.3, -0.25) is 0 Å². The van der Waals surface area contributed by atoms with Crippen LogP contribution in [0.4, 0.5) is 0 Å². The Morgan fingerprint density at radius 2 is 1.00 bits per heavy atom. The van der Waals surface area contributed by atoms with E-state index in [1.54, 1.807) is 0 Å². The van der Waals surface area contributed by atoms with Crippen LogP contribution in [0.15, 0.2) is 0 Å². The number of rotatable bonds is 0. The first-order valence-electron chi connectivity index (χ1n) is 1.71. The molecule has 0 amide bonds. The Bertz CT molecular complexity index is 83.1. The van der Waals surface area contributed by atoms with Gasteiger partial charge in [0.05, 0.1) is 0 Å². The first kappa shape index (κ1) is 6.28. The molecule has 0 heterocycles. The molecule has 0 aromatic carbocycles. The van der Waals surface area contributed by atoms with E-state index in [1.165, 1.54) is 0 Å². The summed E-state index contributed by atoms with van der Waals surface area (Å²) in [5.74, 6) is 0. The average molecular weight is 180 g/mol. The van der Waals surface area contributed by atoms with Crippen LogP contribution < -0.4 is 0 Å². The van der Waals surface area contributed by atoms with Gasteiger partial charge in [-0.15, -0.1) is 0 Å². The Morgan fingerprint density at radius 1 is 0.857 bits per heavy atom. The van der Waals surface area contributed by atoms with Crippen LogP contribution in [-0.2, 0) is 0 Å². The summed E-state index contributed by atoms with van der Waals surface area (Å²) >= 11 is 21.7. The van der Waals surface area contributed by atoms with Gasteiger partial charge in [0.25, 0.3) is 0 Å². The van der Waals surface area contributed by atoms with Crippen molar-refractivity contribution in [2.75, 3.05) is 0 Å². The fourth-order valence-corrected chi connectivity index (χ4v) is 1.31. The van der Waals surface area contributed by atoms with E-state index in [-0.39, 0.29) is 0 Å². The molecule has 0 aliphatic heterocycles. The molecule has 0 N–H and O–H groups in total. The van der Waals surface area contributed by atoms with Gasteiger partial charge in [0.1, 0.15) is 0 Å². The van der Waals surface area contributed by atoms with Crippen molar-refractivity contribution in [3.8, 4) is 0 Å². The third kappa shape index (κ3) is 0.951. The zero-order valence-electron chi connectivity index (χ0n) is 3.22. The lowest BCUT2D eigenvalue weighted by atomic mass is 10.9. The first-order chi connectivity index (χ1) is 2.96. The van der Waals surface area contributed by atoms with E-state index in [1.807, 2.05) is 0 Å². The van der Waals surface area contributed by atoms with Crippen LogP contribution in [0.2, 0.25) is 0 Å². The van der Waals surface area contributed by atoms with Crippen LogP contribution in [0.5, 0.6) is 0 Å². The Balaban J connectivity index is 2.59. The van der Waals surface area contributed by atoms with E-state index in [2.05, 4.69) is 0 Å². The molecule has 0 nitrogen and oxygen atoms in total. The minimum Gasteiger partial charge on any atom is -0.0982 e.